The van der Waals surface area contributed by atoms with Crippen LogP contribution in [0.15, 0.2) is 114 Å². The number of imidazole rings is 1. The van der Waals surface area contributed by atoms with E-state index in [0.29, 0.717) is 37.4 Å². The molecule has 7 N–H and O–H groups in total. The molecule has 0 saturated heterocycles. The summed E-state index contributed by atoms with van der Waals surface area (Å²) in [4.78, 5) is 20.5. The van der Waals surface area contributed by atoms with E-state index >= 15 is 0 Å². The first-order valence-corrected chi connectivity index (χ1v) is 32.9. The average Bonchev–Trinajstić information content (AvgIpc) is 1.65. The Morgan fingerprint density at radius 2 is 1.46 bits per heavy atom. The van der Waals surface area contributed by atoms with E-state index in [1.54, 1.807) is 50.3 Å². The third kappa shape index (κ3) is 22.3. The van der Waals surface area contributed by atoms with Crippen molar-refractivity contribution in [1.82, 2.24) is 14.4 Å². The zero-order valence-electron chi connectivity index (χ0n) is 44.5. The summed E-state index contributed by atoms with van der Waals surface area (Å²) in [5, 5.41) is 61.2. The number of fused-ring (bicyclic) bond motifs is 4. The topological polar surface area (TPSA) is 533 Å². The molecule has 0 spiro atoms. The van der Waals surface area contributed by atoms with Crippen molar-refractivity contribution in [3.63, 3.8) is 0 Å². The van der Waals surface area contributed by atoms with Gasteiger partial charge in [-0.2, -0.15) is 35.6 Å². The third-order valence-corrected chi connectivity index (χ3v) is 15.1. The number of carbonyl (C=O) groups is 1. The molecule has 0 aliphatic carbocycles. The maximum Gasteiger partial charge on any atom is 0.425 e. The number of rotatable bonds is 21. The highest BCUT2D eigenvalue weighted by atomic mass is 32.2. The molecular formula is C46H44N11O22S8-. The molecular weight excluding hydrogens is 1320 g/mol. The number of hydrogen-bond acceptors (Lipinski definition) is 29. The van der Waals surface area contributed by atoms with Gasteiger partial charge in [0.05, 0.1) is 68.9 Å². The number of anilines is 1. The number of carbonyl (C=O) groups excluding carboxylic acids is 1. The molecule has 0 aliphatic rings. The number of azo groups is 3. The fraction of sp³-hybridized carbons (Fsp3) is 0.217. The highest BCUT2D eigenvalue weighted by Crippen LogP contribution is 2.43. The number of ether oxygens (including phenoxy) is 1. The van der Waals surface area contributed by atoms with Gasteiger partial charge >= 0.3 is 21.2 Å². The number of aromatic hydroxyl groups is 1. The lowest BCUT2D eigenvalue weighted by molar-refractivity contribution is -0.114. The minimum atomic E-state index is -4.72. The number of nitrogens with zero attached hydrogens (tertiary/aromatic N) is 10. The van der Waals surface area contributed by atoms with Gasteiger partial charge in [0.2, 0.25) is 16.9 Å². The smallest absolute Gasteiger partial charge is 0.425 e. The molecule has 1 unspecified atom stereocenters. The number of pyridine rings is 1. The molecule has 4 aromatic carbocycles. The summed E-state index contributed by atoms with van der Waals surface area (Å²) in [7, 11) is -19.6. The van der Waals surface area contributed by atoms with Crippen molar-refractivity contribution in [2.24, 2.45) is 30.7 Å². The number of benzene rings is 4. The van der Waals surface area contributed by atoms with Crippen LogP contribution in [0, 0.1) is 25.2 Å². The van der Waals surface area contributed by atoms with Crippen molar-refractivity contribution in [1.29, 1.82) is 5.26 Å². The molecule has 87 heavy (non-hydrogen) atoms. The quantitative estimate of drug-likeness (QED) is 0.00900. The van der Waals surface area contributed by atoms with Gasteiger partial charge in [0.25, 0.3) is 30.4 Å². The number of allylic oxidation sites excluding steroid dienone is 2. The summed E-state index contributed by atoms with van der Waals surface area (Å²) >= 11 is -0.774. The molecule has 1 atom stereocenters. The van der Waals surface area contributed by atoms with Gasteiger partial charge in [0.1, 0.15) is 33.5 Å². The van der Waals surface area contributed by atoms with Gasteiger partial charge in [0.15, 0.2) is 11.3 Å². The fourth-order valence-electron chi connectivity index (χ4n) is 7.21. The van der Waals surface area contributed by atoms with E-state index in [1.807, 2.05) is 0 Å². The van der Waals surface area contributed by atoms with Crippen molar-refractivity contribution in [2.45, 2.75) is 50.0 Å². The van der Waals surface area contributed by atoms with Crippen LogP contribution in [-0.4, -0.2) is 132 Å². The number of thioether (sulfide) groups is 1. The van der Waals surface area contributed by atoms with Crippen LogP contribution in [0.4, 0.5) is 39.3 Å². The van der Waals surface area contributed by atoms with Gasteiger partial charge in [-0.3, -0.25) is 22.9 Å². The number of hydrogen-bond donors (Lipinski definition) is 7. The van der Waals surface area contributed by atoms with Crippen molar-refractivity contribution in [3.05, 3.63) is 101 Å². The van der Waals surface area contributed by atoms with Crippen molar-refractivity contribution >= 4 is 164 Å². The zero-order valence-corrected chi connectivity index (χ0v) is 51.1. The van der Waals surface area contributed by atoms with E-state index in [0.717, 1.165) is 23.1 Å². The number of aryl methyl sites for hydroxylation is 1. The Kier molecular flexibility index (Phi) is 26.3. The van der Waals surface area contributed by atoms with E-state index in [1.165, 1.54) is 47.7 Å². The van der Waals surface area contributed by atoms with Gasteiger partial charge in [-0.1, -0.05) is 36.1 Å². The highest BCUT2D eigenvalue weighted by Gasteiger charge is 2.23. The lowest BCUT2D eigenvalue weighted by atomic mass is 10.1. The molecule has 0 aliphatic heterocycles. The van der Waals surface area contributed by atoms with Crippen LogP contribution in [0.5, 0.6) is 11.6 Å². The normalized spacial score (nSPS) is 12.1. The second-order valence-electron chi connectivity index (χ2n) is 16.8. The summed E-state index contributed by atoms with van der Waals surface area (Å²) < 4.78 is 182. The molecule has 3 heterocycles. The highest BCUT2D eigenvalue weighted by molar-refractivity contribution is 7.99. The Balaban J connectivity index is 0.00000123. The number of nitrogens with one attached hydrogen (secondary N) is 1. The Hall–Kier alpha value is -8.09. The molecule has 7 aromatic rings. The molecule has 464 valence electrons. The summed E-state index contributed by atoms with van der Waals surface area (Å²) in [5.74, 6) is -1.82. The van der Waals surface area contributed by atoms with E-state index in [4.69, 9.17) is 43.3 Å². The number of thiazole rings is 1. The van der Waals surface area contributed by atoms with Crippen LogP contribution >= 0.6 is 23.1 Å². The Labute approximate surface area is 506 Å². The van der Waals surface area contributed by atoms with E-state index in [2.05, 4.69) is 58.6 Å². The van der Waals surface area contributed by atoms with E-state index < -0.39 is 91.8 Å². The first kappa shape index (κ1) is 71.4. The van der Waals surface area contributed by atoms with Gasteiger partial charge in [0, 0.05) is 34.7 Å². The SMILES string of the molecule is C=C/C=C\c1cc(S(=O)(=O)O)c2nc(N=Nc3cc(SCCCS(=O)(=O)O)c(N=Nc4cc(OCCCS(=O)(=O)O)c(N=Nc5c(C)c(C#N)c6nc7ccc(NC(C)=O)cc7n6c5O)cc4C)cc3CO)sc2c1.O=S(=O)=O.O=S(=O)=O.O=S([O-])O. The monoisotopic (exact) mass is 1360 g/mol. The molecule has 0 fully saturated rings. The molecule has 1 amide bonds. The Morgan fingerprint density at radius 1 is 0.851 bits per heavy atom. The van der Waals surface area contributed by atoms with Gasteiger partial charge in [-0.15, -0.1) is 62.6 Å². The largest absolute Gasteiger partial charge is 0.750 e. The minimum absolute atomic E-state index is 0.00461. The van der Waals surface area contributed by atoms with Crippen LogP contribution in [0.2, 0.25) is 0 Å². The van der Waals surface area contributed by atoms with Crippen LogP contribution in [0.1, 0.15) is 47.6 Å². The van der Waals surface area contributed by atoms with Gasteiger partial charge in [-0.25, -0.2) is 14.2 Å². The van der Waals surface area contributed by atoms with Crippen molar-refractivity contribution < 1.29 is 97.2 Å². The summed E-state index contributed by atoms with van der Waals surface area (Å²) in [5.41, 5.74) is 2.96. The fourth-order valence-corrected chi connectivity index (χ4v) is 10.9. The number of amides is 1. The first-order valence-electron chi connectivity index (χ1n) is 23.4. The zero-order chi connectivity index (χ0) is 65.1. The second kappa shape index (κ2) is 32.1. The average molecular weight is 1360 g/mol. The molecule has 0 bridgehead atoms. The standard InChI is InChI=1S/C46H43N11O13S5.H2O3S.2O3S/c1-5-6-9-28-17-40-43(41(18-28)75(67,68)69)50-46(72-40)56-52-34-22-39(71-13-8-15-74(64,65)66)36(19-29(34)24-58)54-51-33-21-38(70-12-7-14-73(61,62)63)35(16-25(33)2)53-55-42-26(3)31(23-47)44-49-32-11-10-30(48-27(4)59)20-37(32)57(44)45(42)60;3*1-4(2)3/h5-6,9-11,16-22,58,60H,1,7-8,12-15,24H2,2-4H3,(H,48,59)(H,61,62,63)(H,64,65,66)(H,67,68,69);(H2,1,2,3);;/p-1/b9-6-,54-51?,55-53?,56-52?;;;. The van der Waals surface area contributed by atoms with E-state index in [-0.39, 0.29) is 98.3 Å². The lowest BCUT2D eigenvalue weighted by Crippen LogP contribution is -2.08. The summed E-state index contributed by atoms with van der Waals surface area (Å²) in [6, 6.07) is 15.6. The number of nitriles is 1. The van der Waals surface area contributed by atoms with Crippen LogP contribution in [-0.2, 0) is 74.3 Å². The second-order valence-corrected chi connectivity index (χ2v) is 24.7. The van der Waals surface area contributed by atoms with Crippen molar-refractivity contribution in [2.75, 3.05) is 29.2 Å². The predicted molar refractivity (Wildman–Crippen MR) is 312 cm³/mol. The molecule has 0 radical (unpaired) electrons. The Bertz CT molecular complexity index is 4540. The number of aliphatic hydroxyl groups is 1. The number of aliphatic hydroxyl groups excluding tert-OH is 1. The van der Waals surface area contributed by atoms with Crippen LogP contribution < -0.4 is 10.1 Å². The number of aromatic nitrogens is 3. The first-order chi connectivity index (χ1) is 40.7. The van der Waals surface area contributed by atoms with E-state index in [9.17, 15) is 59.2 Å². The molecule has 33 nitrogen and oxygen atoms in total. The summed E-state index contributed by atoms with van der Waals surface area (Å²) in [6.07, 6.45) is 4.51. The molecule has 0 saturated carbocycles. The molecule has 41 heteroatoms. The third-order valence-electron chi connectivity index (χ3n) is 10.6. The lowest BCUT2D eigenvalue weighted by Gasteiger charge is -2.12. The maximum atomic E-state index is 12.3. The minimum Gasteiger partial charge on any atom is -0.750 e. The van der Waals surface area contributed by atoms with Crippen LogP contribution in [0.3, 0.4) is 0 Å². The maximum absolute atomic E-state index is 12.3. The summed E-state index contributed by atoms with van der Waals surface area (Å²) in [6.45, 7) is 7.29. The molecule has 3 aromatic heterocycles. The predicted octanol–water partition coefficient (Wildman–Crippen LogP) is 7.79. The van der Waals surface area contributed by atoms with Crippen LogP contribution in [0.25, 0.3) is 33.0 Å². The van der Waals surface area contributed by atoms with Gasteiger partial charge in [-0.05, 0) is 92.1 Å². The molecule has 7 rings (SSSR count). The van der Waals surface area contributed by atoms with Crippen molar-refractivity contribution in [3.8, 4) is 17.7 Å². The van der Waals surface area contributed by atoms with Gasteiger partial charge < -0.3 is 29.4 Å². The Morgan fingerprint density at radius 3 is 2.05 bits per heavy atom.